The fourth-order valence-corrected chi connectivity index (χ4v) is 11.8. The van der Waals surface area contributed by atoms with Crippen molar-refractivity contribution >= 4 is 45.9 Å². The van der Waals surface area contributed by atoms with E-state index in [1.807, 2.05) is 47.4 Å². The van der Waals surface area contributed by atoms with Gasteiger partial charge in [0.2, 0.25) is 0 Å². The van der Waals surface area contributed by atoms with Crippen LogP contribution >= 0.6 is 22.7 Å². The molecule has 65 heavy (non-hydrogen) atoms. The monoisotopic (exact) mass is 923 g/mol. The first-order valence-electron chi connectivity index (χ1n) is 25.3. The summed E-state index contributed by atoms with van der Waals surface area (Å²) in [5.41, 5.74) is 5.17. The topological polar surface area (TPSA) is 40.6 Å². The van der Waals surface area contributed by atoms with E-state index in [0.29, 0.717) is 58.6 Å². The smallest absolute Gasteiger partial charge is 0.261 e. The molecule has 2 aromatic heterocycles. The fraction of sp³-hybridized carbons (Fsp3) is 0.544. The Morgan fingerprint density at radius 2 is 0.954 bits per heavy atom. The molecule has 0 bridgehead atoms. The van der Waals surface area contributed by atoms with Crippen molar-refractivity contribution in [3.05, 3.63) is 104 Å². The third-order valence-corrected chi connectivity index (χ3v) is 15.9. The molecule has 8 heteroatoms. The maximum absolute atomic E-state index is 16.1. The maximum Gasteiger partial charge on any atom is 0.261 e. The van der Waals surface area contributed by atoms with E-state index in [0.717, 1.165) is 88.4 Å². The summed E-state index contributed by atoms with van der Waals surface area (Å²) in [6.45, 7) is 18.3. The maximum atomic E-state index is 16.1. The Hall–Kier alpha value is -3.88. The molecule has 0 radical (unpaired) electrons. The summed E-state index contributed by atoms with van der Waals surface area (Å²) in [4.78, 5) is 36.8. The number of hydrogen-bond acceptors (Lipinski definition) is 4. The molecule has 2 aliphatic rings. The lowest BCUT2D eigenvalue weighted by Gasteiger charge is -2.28. The number of rotatable bonds is 27. The number of fused-ring (bicyclic) bond motifs is 1. The van der Waals surface area contributed by atoms with Gasteiger partial charge in [-0.2, -0.15) is 0 Å². The highest BCUT2D eigenvalue weighted by Crippen LogP contribution is 2.50. The van der Waals surface area contributed by atoms with Gasteiger partial charge in [-0.1, -0.05) is 157 Å². The number of aryl methyl sites for hydroxylation is 2. The molecule has 6 rings (SSSR count). The van der Waals surface area contributed by atoms with Crippen molar-refractivity contribution in [1.29, 1.82) is 0 Å². The summed E-state index contributed by atoms with van der Waals surface area (Å²) in [7, 11) is 0. The second-order valence-electron chi connectivity index (χ2n) is 19.7. The van der Waals surface area contributed by atoms with Gasteiger partial charge >= 0.3 is 0 Å². The molecule has 0 saturated heterocycles. The normalized spacial score (nSPS) is 15.2. The van der Waals surface area contributed by atoms with Gasteiger partial charge in [0.05, 0.1) is 32.3 Å². The molecular formula is C57H76F2N2O2S2. The molecule has 0 fully saturated rings. The zero-order chi connectivity index (χ0) is 46.6. The van der Waals surface area contributed by atoms with E-state index in [4.69, 9.17) is 0 Å². The predicted octanol–water partition coefficient (Wildman–Crippen LogP) is 16.8. The Balaban J connectivity index is 1.32. The average molecular weight is 923 g/mol. The molecule has 4 heterocycles. The Labute approximate surface area is 398 Å². The summed E-state index contributed by atoms with van der Waals surface area (Å²) >= 11 is 2.87. The first-order valence-corrected chi connectivity index (χ1v) is 26.9. The standard InChI is InChI=1S/C57H76F2N2O2S2/c1-9-13-15-16-17-18-19-21-40(11-3)24-25-43-27-29-45(47(59)35-43)49-31-33-51(65-49)55-53-52(57(63)61(55)37-41(12-4)20-14-10-2)54(60(56(53)62)36-39(7)8)50-32-30-48(64-50)44-28-26-42(34-46(44)58)23-22-38(5)6/h26-35,38-41H,9-25,36-37H2,1-8H3. The molecule has 352 valence electrons. The third-order valence-electron chi connectivity index (χ3n) is 13.6. The van der Waals surface area contributed by atoms with Gasteiger partial charge in [-0.25, -0.2) is 8.78 Å². The Kier molecular flexibility index (Phi) is 18.8. The van der Waals surface area contributed by atoms with Crippen LogP contribution in [0.25, 0.3) is 32.3 Å². The largest absolute Gasteiger partial charge is 0.306 e. The lowest BCUT2D eigenvalue weighted by atomic mass is 9.91. The van der Waals surface area contributed by atoms with Crippen molar-refractivity contribution in [3.63, 3.8) is 0 Å². The molecule has 0 N–H and O–H groups in total. The second kappa shape index (κ2) is 24.2. The van der Waals surface area contributed by atoms with E-state index in [-0.39, 0.29) is 35.3 Å². The van der Waals surface area contributed by atoms with Crippen LogP contribution in [0.15, 0.2) is 71.8 Å². The van der Waals surface area contributed by atoms with Crippen LogP contribution in [-0.4, -0.2) is 34.7 Å². The minimum atomic E-state index is -0.263. The molecule has 4 aromatic rings. The molecular weight excluding hydrogens is 847 g/mol. The number of thiophene rings is 2. The number of unbranched alkanes of at least 4 members (excludes halogenated alkanes) is 7. The van der Waals surface area contributed by atoms with Crippen LogP contribution < -0.4 is 0 Å². The zero-order valence-corrected chi connectivity index (χ0v) is 42.4. The van der Waals surface area contributed by atoms with Crippen molar-refractivity contribution in [2.24, 2.45) is 23.7 Å². The number of nitrogens with zero attached hydrogens (tertiary/aromatic N) is 2. The van der Waals surface area contributed by atoms with Crippen LogP contribution in [0.5, 0.6) is 0 Å². The van der Waals surface area contributed by atoms with E-state index in [1.54, 1.807) is 17.0 Å². The van der Waals surface area contributed by atoms with E-state index in [1.165, 1.54) is 74.0 Å². The Morgan fingerprint density at radius 1 is 0.492 bits per heavy atom. The lowest BCUT2D eigenvalue weighted by molar-refractivity contribution is -0.124. The highest BCUT2D eigenvalue weighted by Gasteiger charge is 2.50. The van der Waals surface area contributed by atoms with Gasteiger partial charge in [0.25, 0.3) is 11.8 Å². The quantitative estimate of drug-likeness (QED) is 0.0559. The third kappa shape index (κ3) is 12.6. The van der Waals surface area contributed by atoms with E-state index < -0.39 is 0 Å². The summed E-state index contributed by atoms with van der Waals surface area (Å²) in [5.74, 6) is 0.726. The predicted molar refractivity (Wildman–Crippen MR) is 273 cm³/mol. The first kappa shape index (κ1) is 50.5. The minimum absolute atomic E-state index is 0.134. The summed E-state index contributed by atoms with van der Waals surface area (Å²) in [5, 5.41) is 0. The summed E-state index contributed by atoms with van der Waals surface area (Å²) < 4.78 is 31.9. The van der Waals surface area contributed by atoms with Gasteiger partial charge in [0.1, 0.15) is 11.6 Å². The average Bonchev–Trinajstić information content (AvgIpc) is 4.08. The van der Waals surface area contributed by atoms with Gasteiger partial charge in [0.15, 0.2) is 0 Å². The van der Waals surface area contributed by atoms with Crippen molar-refractivity contribution in [2.45, 2.75) is 165 Å². The van der Waals surface area contributed by atoms with Crippen molar-refractivity contribution < 1.29 is 18.4 Å². The zero-order valence-electron chi connectivity index (χ0n) is 40.8. The molecule has 4 nitrogen and oxygen atoms in total. The second-order valence-corrected chi connectivity index (χ2v) is 21.9. The van der Waals surface area contributed by atoms with Gasteiger partial charge in [-0.15, -0.1) is 22.7 Å². The molecule has 2 aliphatic heterocycles. The van der Waals surface area contributed by atoms with Gasteiger partial charge in [-0.3, -0.25) is 9.59 Å². The minimum Gasteiger partial charge on any atom is -0.306 e. The van der Waals surface area contributed by atoms with Gasteiger partial charge < -0.3 is 9.80 Å². The van der Waals surface area contributed by atoms with Crippen LogP contribution in [-0.2, 0) is 22.4 Å². The number of amides is 2. The molecule has 0 saturated carbocycles. The van der Waals surface area contributed by atoms with Crippen molar-refractivity contribution in [1.82, 2.24) is 9.80 Å². The Bertz CT molecular complexity index is 2280. The molecule has 2 aromatic carbocycles. The SMILES string of the molecule is CCCCCCCCCC(CC)CCc1ccc(-c2ccc(C3=C4C(=O)N(CC(C)C)C(c5ccc(-c6ccc(CCC(C)C)cc6F)s5)=C4C(=O)N3CC(CC)CCCC)s2)c(F)c1. The number of carbonyl (C=O) groups is 2. The summed E-state index contributed by atoms with van der Waals surface area (Å²) in [6.07, 6.45) is 19.4. The number of carbonyl (C=O) groups excluding carboxylic acids is 2. The van der Waals surface area contributed by atoms with Gasteiger partial charge in [-0.05, 0) is 103 Å². The molecule has 0 aliphatic carbocycles. The van der Waals surface area contributed by atoms with Crippen LogP contribution in [0.2, 0.25) is 0 Å². The van der Waals surface area contributed by atoms with Crippen LogP contribution in [0.4, 0.5) is 8.78 Å². The lowest BCUT2D eigenvalue weighted by Crippen LogP contribution is -2.33. The van der Waals surface area contributed by atoms with E-state index in [2.05, 4.69) is 61.5 Å². The summed E-state index contributed by atoms with van der Waals surface area (Å²) in [6, 6.07) is 19.0. The van der Waals surface area contributed by atoms with Crippen LogP contribution in [0, 0.1) is 35.3 Å². The number of halogens is 2. The highest BCUT2D eigenvalue weighted by molar-refractivity contribution is 7.17. The molecule has 0 spiro atoms. The number of hydrogen-bond donors (Lipinski definition) is 0. The van der Waals surface area contributed by atoms with Crippen molar-refractivity contribution in [3.8, 4) is 20.9 Å². The Morgan fingerprint density at radius 3 is 1.43 bits per heavy atom. The van der Waals surface area contributed by atoms with E-state index >= 15 is 13.6 Å². The molecule has 2 amide bonds. The van der Waals surface area contributed by atoms with Crippen LogP contribution in [0.1, 0.15) is 173 Å². The number of benzene rings is 2. The highest BCUT2D eigenvalue weighted by atomic mass is 32.1. The first-order chi connectivity index (χ1) is 31.4. The molecule has 2 atom stereocenters. The van der Waals surface area contributed by atoms with Gasteiger partial charge in [0, 0.05) is 34.0 Å². The van der Waals surface area contributed by atoms with E-state index in [9.17, 15) is 4.79 Å². The van der Waals surface area contributed by atoms with Crippen LogP contribution in [0.3, 0.4) is 0 Å². The fourth-order valence-electron chi connectivity index (χ4n) is 9.61. The van der Waals surface area contributed by atoms with Crippen molar-refractivity contribution in [2.75, 3.05) is 13.1 Å². The molecule has 2 unspecified atom stereocenters.